The molecule has 0 bridgehead atoms. The van der Waals surface area contributed by atoms with Crippen molar-refractivity contribution >= 4 is 5.97 Å². The lowest BCUT2D eigenvalue weighted by Crippen LogP contribution is -2.27. The number of aryl methyl sites for hydroxylation is 1. The third kappa shape index (κ3) is 3.71. The van der Waals surface area contributed by atoms with Gasteiger partial charge in [0.1, 0.15) is 5.82 Å². The molecule has 0 atom stereocenters. The molecule has 84 valence electrons. The van der Waals surface area contributed by atoms with Crippen LogP contribution in [0.15, 0.2) is 12.4 Å². The summed E-state index contributed by atoms with van der Waals surface area (Å²) in [7, 11) is 1.94. The summed E-state index contributed by atoms with van der Waals surface area (Å²) < 4.78 is 1.95. The smallest absolute Gasteiger partial charge is 0.304 e. The van der Waals surface area contributed by atoms with Crippen molar-refractivity contribution in [3.63, 3.8) is 0 Å². The van der Waals surface area contributed by atoms with Gasteiger partial charge in [0.15, 0.2) is 0 Å². The molecule has 1 N–H and O–H groups in total. The fraction of sp³-hybridized carbons (Fsp3) is 0.600. The molecule has 0 saturated heterocycles. The molecule has 0 fully saturated rings. The first-order chi connectivity index (χ1) is 7.13. The van der Waals surface area contributed by atoms with E-state index >= 15 is 0 Å². The lowest BCUT2D eigenvalue weighted by Gasteiger charge is -2.18. The summed E-state index contributed by atoms with van der Waals surface area (Å²) in [6, 6.07) is 0. The van der Waals surface area contributed by atoms with E-state index in [1.54, 1.807) is 6.20 Å². The van der Waals surface area contributed by atoms with Crippen LogP contribution in [0.4, 0.5) is 0 Å². The van der Waals surface area contributed by atoms with Gasteiger partial charge in [-0.25, -0.2) is 4.98 Å². The van der Waals surface area contributed by atoms with Crippen molar-refractivity contribution in [1.29, 1.82) is 0 Å². The Bertz CT molecular complexity index is 322. The number of hydrogen-bond donors (Lipinski definition) is 1. The Morgan fingerprint density at radius 1 is 1.67 bits per heavy atom. The van der Waals surface area contributed by atoms with Gasteiger partial charge < -0.3 is 9.67 Å². The molecule has 1 aromatic rings. The summed E-state index contributed by atoms with van der Waals surface area (Å²) in [6.45, 7) is 4.12. The number of aliphatic carboxylic acids is 1. The highest BCUT2D eigenvalue weighted by Gasteiger charge is 2.08. The van der Waals surface area contributed by atoms with Gasteiger partial charge in [-0.3, -0.25) is 9.69 Å². The Labute approximate surface area is 89.3 Å². The molecule has 0 aliphatic rings. The highest BCUT2D eigenvalue weighted by Crippen LogP contribution is 2.01. The second kappa shape index (κ2) is 5.50. The molecule has 5 nitrogen and oxygen atoms in total. The first kappa shape index (κ1) is 11.7. The maximum Gasteiger partial charge on any atom is 0.304 e. The van der Waals surface area contributed by atoms with E-state index in [0.717, 1.165) is 12.4 Å². The van der Waals surface area contributed by atoms with Crippen LogP contribution in [0.5, 0.6) is 0 Å². The van der Waals surface area contributed by atoms with E-state index < -0.39 is 5.97 Å². The van der Waals surface area contributed by atoms with E-state index in [1.807, 2.05) is 24.7 Å². The third-order valence-electron chi connectivity index (χ3n) is 2.38. The van der Waals surface area contributed by atoms with Crippen LogP contribution >= 0.6 is 0 Å². The number of rotatable bonds is 6. The molecule has 0 aromatic carbocycles. The van der Waals surface area contributed by atoms with Crippen LogP contribution in [-0.4, -0.2) is 38.6 Å². The van der Waals surface area contributed by atoms with E-state index in [2.05, 4.69) is 9.88 Å². The normalized spacial score (nSPS) is 10.9. The summed E-state index contributed by atoms with van der Waals surface area (Å²) in [5.41, 5.74) is 0. The molecular formula is C10H17N3O2. The molecule has 1 heterocycles. The van der Waals surface area contributed by atoms with Crippen LogP contribution in [-0.2, 0) is 18.4 Å². The van der Waals surface area contributed by atoms with E-state index in [4.69, 9.17) is 5.11 Å². The number of carboxylic acid groups (broad SMARTS) is 1. The first-order valence-electron chi connectivity index (χ1n) is 5.03. The summed E-state index contributed by atoms with van der Waals surface area (Å²) in [6.07, 6.45) is 3.82. The van der Waals surface area contributed by atoms with Gasteiger partial charge in [-0.05, 0) is 6.54 Å². The summed E-state index contributed by atoms with van der Waals surface area (Å²) in [5.74, 6) is 0.204. The van der Waals surface area contributed by atoms with Gasteiger partial charge in [-0.15, -0.1) is 0 Å². The average Bonchev–Trinajstić information content (AvgIpc) is 2.58. The number of hydrogen-bond acceptors (Lipinski definition) is 3. The zero-order valence-electron chi connectivity index (χ0n) is 9.18. The molecule has 15 heavy (non-hydrogen) atoms. The summed E-state index contributed by atoms with van der Waals surface area (Å²) in [5, 5.41) is 8.59. The predicted octanol–water partition coefficient (Wildman–Crippen LogP) is 0.717. The van der Waals surface area contributed by atoms with Crippen molar-refractivity contribution in [2.24, 2.45) is 7.05 Å². The minimum absolute atomic E-state index is 0.179. The van der Waals surface area contributed by atoms with Gasteiger partial charge in [0.25, 0.3) is 0 Å². The Kier molecular flexibility index (Phi) is 4.30. The highest BCUT2D eigenvalue weighted by molar-refractivity contribution is 5.66. The van der Waals surface area contributed by atoms with Gasteiger partial charge in [-0.2, -0.15) is 0 Å². The molecule has 1 aromatic heterocycles. The second-order valence-electron chi connectivity index (χ2n) is 3.47. The van der Waals surface area contributed by atoms with Crippen molar-refractivity contribution in [1.82, 2.24) is 14.5 Å². The lowest BCUT2D eigenvalue weighted by atomic mass is 10.3. The van der Waals surface area contributed by atoms with E-state index in [9.17, 15) is 4.79 Å². The fourth-order valence-electron chi connectivity index (χ4n) is 1.35. The topological polar surface area (TPSA) is 58.4 Å². The molecule has 0 radical (unpaired) electrons. The zero-order chi connectivity index (χ0) is 11.3. The van der Waals surface area contributed by atoms with E-state index in [-0.39, 0.29) is 6.42 Å². The Morgan fingerprint density at radius 2 is 2.40 bits per heavy atom. The lowest BCUT2D eigenvalue weighted by molar-refractivity contribution is -0.137. The zero-order valence-corrected chi connectivity index (χ0v) is 9.18. The number of aromatic nitrogens is 2. The molecule has 0 unspecified atom stereocenters. The van der Waals surface area contributed by atoms with Crippen molar-refractivity contribution in [3.05, 3.63) is 18.2 Å². The Balaban J connectivity index is 2.47. The Morgan fingerprint density at radius 3 is 2.87 bits per heavy atom. The van der Waals surface area contributed by atoms with Crippen LogP contribution in [0.3, 0.4) is 0 Å². The molecule has 0 aliphatic carbocycles. The minimum Gasteiger partial charge on any atom is -0.481 e. The number of carboxylic acids is 1. The van der Waals surface area contributed by atoms with Crippen LogP contribution in [0, 0.1) is 0 Å². The minimum atomic E-state index is -0.756. The molecule has 1 rings (SSSR count). The SMILES string of the molecule is CCN(CCC(=O)O)Cc1nccn1C. The van der Waals surface area contributed by atoms with E-state index in [0.29, 0.717) is 13.1 Å². The fourth-order valence-corrected chi connectivity index (χ4v) is 1.35. The van der Waals surface area contributed by atoms with Crippen molar-refractivity contribution in [3.8, 4) is 0 Å². The van der Waals surface area contributed by atoms with Crippen LogP contribution in [0.2, 0.25) is 0 Å². The number of nitrogens with zero attached hydrogens (tertiary/aromatic N) is 3. The van der Waals surface area contributed by atoms with Gasteiger partial charge in [0.05, 0.1) is 13.0 Å². The molecular weight excluding hydrogens is 194 g/mol. The van der Waals surface area contributed by atoms with Crippen molar-refractivity contribution in [2.45, 2.75) is 19.9 Å². The van der Waals surface area contributed by atoms with Crippen molar-refractivity contribution < 1.29 is 9.90 Å². The standard InChI is InChI=1S/C10H17N3O2/c1-3-13(6-4-10(14)15)8-9-11-5-7-12(9)2/h5,7H,3-4,6,8H2,1-2H3,(H,14,15). The van der Waals surface area contributed by atoms with E-state index in [1.165, 1.54) is 0 Å². The molecule has 0 amide bonds. The molecule has 0 saturated carbocycles. The van der Waals surface area contributed by atoms with Gasteiger partial charge in [-0.1, -0.05) is 6.92 Å². The van der Waals surface area contributed by atoms with Gasteiger partial charge in [0, 0.05) is 26.0 Å². The molecule has 5 heteroatoms. The van der Waals surface area contributed by atoms with Crippen LogP contribution < -0.4 is 0 Å². The number of carbonyl (C=O) groups is 1. The quantitative estimate of drug-likeness (QED) is 0.753. The summed E-state index contributed by atoms with van der Waals surface area (Å²) >= 11 is 0. The molecule has 0 spiro atoms. The maximum atomic E-state index is 10.4. The predicted molar refractivity (Wildman–Crippen MR) is 56.4 cm³/mol. The second-order valence-corrected chi connectivity index (χ2v) is 3.47. The van der Waals surface area contributed by atoms with Crippen molar-refractivity contribution in [2.75, 3.05) is 13.1 Å². The first-order valence-corrected chi connectivity index (χ1v) is 5.03. The monoisotopic (exact) mass is 211 g/mol. The molecule has 0 aliphatic heterocycles. The highest BCUT2D eigenvalue weighted by atomic mass is 16.4. The largest absolute Gasteiger partial charge is 0.481 e. The van der Waals surface area contributed by atoms with Gasteiger partial charge in [0.2, 0.25) is 0 Å². The summed E-state index contributed by atoms with van der Waals surface area (Å²) in [4.78, 5) is 16.7. The van der Waals surface area contributed by atoms with Crippen LogP contribution in [0.1, 0.15) is 19.2 Å². The number of imidazole rings is 1. The maximum absolute atomic E-state index is 10.4. The van der Waals surface area contributed by atoms with Crippen LogP contribution in [0.25, 0.3) is 0 Å². The Hall–Kier alpha value is -1.36. The third-order valence-corrected chi connectivity index (χ3v) is 2.38. The average molecular weight is 211 g/mol. The van der Waals surface area contributed by atoms with Gasteiger partial charge >= 0.3 is 5.97 Å².